The molecule has 0 saturated carbocycles. The molecule has 3 nitrogen and oxygen atoms in total. The molecular weight excluding hydrogens is 236 g/mol. The molecule has 19 heavy (non-hydrogen) atoms. The van der Waals surface area contributed by atoms with Crippen molar-refractivity contribution >= 4 is 0 Å². The highest BCUT2D eigenvalue weighted by Crippen LogP contribution is 2.27. The second-order valence-electron chi connectivity index (χ2n) is 5.37. The topological polar surface area (TPSA) is 38.0 Å². The van der Waals surface area contributed by atoms with Crippen LogP contribution in [0.1, 0.15) is 41.5 Å². The van der Waals surface area contributed by atoms with Crippen molar-refractivity contribution in [3.05, 3.63) is 53.1 Å². The molecule has 3 rings (SSSR count). The van der Waals surface area contributed by atoms with Gasteiger partial charge in [0, 0.05) is 18.3 Å². The zero-order valence-electron chi connectivity index (χ0n) is 11.3. The van der Waals surface area contributed by atoms with Crippen molar-refractivity contribution in [3.63, 3.8) is 0 Å². The molecule has 3 heteroatoms. The molecule has 1 aliphatic heterocycles. The lowest BCUT2D eigenvalue weighted by molar-refractivity contribution is 0.204. The van der Waals surface area contributed by atoms with Crippen molar-refractivity contribution in [2.75, 3.05) is 6.61 Å². The fourth-order valence-corrected chi connectivity index (χ4v) is 3.00. The van der Waals surface area contributed by atoms with E-state index in [9.17, 15) is 5.11 Å². The van der Waals surface area contributed by atoms with Crippen LogP contribution in [0.3, 0.4) is 0 Å². The first-order valence-corrected chi connectivity index (χ1v) is 7.00. The zero-order valence-corrected chi connectivity index (χ0v) is 11.3. The molecule has 0 spiro atoms. The molecule has 0 aliphatic carbocycles. The summed E-state index contributed by atoms with van der Waals surface area (Å²) < 4.78 is 2.26. The fraction of sp³-hybridized carbons (Fsp3) is 0.438. The van der Waals surface area contributed by atoms with Crippen molar-refractivity contribution in [2.24, 2.45) is 0 Å². The molecule has 0 radical (unpaired) electrons. The summed E-state index contributed by atoms with van der Waals surface area (Å²) in [7, 11) is 0. The van der Waals surface area contributed by atoms with E-state index in [1.165, 1.54) is 16.8 Å². The van der Waals surface area contributed by atoms with E-state index in [0.717, 1.165) is 31.5 Å². The smallest absolute Gasteiger partial charge is 0.113 e. The number of hydrogen-bond donors (Lipinski definition) is 1. The second kappa shape index (κ2) is 5.17. The molecule has 1 aromatic carbocycles. The van der Waals surface area contributed by atoms with E-state index in [0.29, 0.717) is 0 Å². The van der Waals surface area contributed by atoms with Gasteiger partial charge in [-0.3, -0.25) is 0 Å². The van der Waals surface area contributed by atoms with Gasteiger partial charge < -0.3 is 9.67 Å². The van der Waals surface area contributed by atoms with E-state index >= 15 is 0 Å². The molecule has 1 aromatic heterocycles. The number of imidazole rings is 1. The molecule has 2 heterocycles. The molecule has 2 aromatic rings. The number of aliphatic hydroxyl groups is 1. The van der Waals surface area contributed by atoms with Crippen LogP contribution >= 0.6 is 0 Å². The third-order valence-corrected chi connectivity index (χ3v) is 4.11. The van der Waals surface area contributed by atoms with Crippen LogP contribution in [-0.4, -0.2) is 21.3 Å². The van der Waals surface area contributed by atoms with Gasteiger partial charge in [0.05, 0.1) is 12.6 Å². The quantitative estimate of drug-likeness (QED) is 0.916. The summed E-state index contributed by atoms with van der Waals surface area (Å²) in [4.78, 5) is 4.58. The summed E-state index contributed by atoms with van der Waals surface area (Å²) in [5.74, 6) is 1.09. The van der Waals surface area contributed by atoms with Gasteiger partial charge in [-0.1, -0.05) is 24.3 Å². The number of hydrogen-bond acceptors (Lipinski definition) is 2. The molecule has 1 atom stereocenters. The Labute approximate surface area is 113 Å². The van der Waals surface area contributed by atoms with E-state index in [2.05, 4.69) is 40.7 Å². The molecule has 1 N–H and O–H groups in total. The standard InChI is InChI=1S/C16H20N2O/c1-12-5-2-3-6-13(12)9-16-17-10-14-7-4-8-15(11-19)18(14)16/h2-3,5-6,10,15,19H,4,7-9,11H2,1H3. The molecular formula is C16H20N2O. The Hall–Kier alpha value is -1.61. The summed E-state index contributed by atoms with van der Waals surface area (Å²) >= 11 is 0. The Balaban J connectivity index is 1.94. The average molecular weight is 256 g/mol. The molecule has 0 bridgehead atoms. The van der Waals surface area contributed by atoms with E-state index in [-0.39, 0.29) is 12.6 Å². The lowest BCUT2D eigenvalue weighted by Gasteiger charge is -2.26. The van der Waals surface area contributed by atoms with Gasteiger partial charge in [-0.05, 0) is 37.3 Å². The minimum Gasteiger partial charge on any atom is -0.394 e. The van der Waals surface area contributed by atoms with E-state index in [1.807, 2.05) is 6.20 Å². The number of nitrogens with zero attached hydrogens (tertiary/aromatic N) is 2. The molecule has 0 fully saturated rings. The minimum atomic E-state index is 0.212. The lowest BCUT2D eigenvalue weighted by Crippen LogP contribution is -2.22. The average Bonchev–Trinajstić information content (AvgIpc) is 2.85. The van der Waals surface area contributed by atoms with Crippen molar-refractivity contribution in [3.8, 4) is 0 Å². The van der Waals surface area contributed by atoms with Gasteiger partial charge in [0.1, 0.15) is 5.82 Å². The molecule has 0 amide bonds. The van der Waals surface area contributed by atoms with Crippen LogP contribution in [0.25, 0.3) is 0 Å². The van der Waals surface area contributed by atoms with Gasteiger partial charge in [-0.15, -0.1) is 0 Å². The maximum absolute atomic E-state index is 9.55. The number of aliphatic hydroxyl groups excluding tert-OH is 1. The van der Waals surface area contributed by atoms with Crippen molar-refractivity contribution in [1.82, 2.24) is 9.55 Å². The monoisotopic (exact) mass is 256 g/mol. The number of aryl methyl sites for hydroxylation is 2. The van der Waals surface area contributed by atoms with Gasteiger partial charge in [0.2, 0.25) is 0 Å². The van der Waals surface area contributed by atoms with Gasteiger partial charge in [-0.25, -0.2) is 4.98 Å². The third-order valence-electron chi connectivity index (χ3n) is 4.11. The van der Waals surface area contributed by atoms with Crippen molar-refractivity contribution in [2.45, 2.75) is 38.6 Å². The van der Waals surface area contributed by atoms with Crippen molar-refractivity contribution in [1.29, 1.82) is 0 Å². The number of benzene rings is 1. The first-order valence-electron chi connectivity index (χ1n) is 7.00. The third kappa shape index (κ3) is 2.30. The van der Waals surface area contributed by atoms with Gasteiger partial charge in [0.25, 0.3) is 0 Å². The van der Waals surface area contributed by atoms with Crippen LogP contribution < -0.4 is 0 Å². The van der Waals surface area contributed by atoms with Gasteiger partial charge in [0.15, 0.2) is 0 Å². The van der Waals surface area contributed by atoms with Crippen LogP contribution in [0.2, 0.25) is 0 Å². The summed E-state index contributed by atoms with van der Waals surface area (Å²) in [5.41, 5.74) is 3.89. The number of fused-ring (bicyclic) bond motifs is 1. The lowest BCUT2D eigenvalue weighted by atomic mass is 10.0. The number of rotatable bonds is 3. The zero-order chi connectivity index (χ0) is 13.2. The summed E-state index contributed by atoms with van der Waals surface area (Å²) in [5, 5.41) is 9.55. The normalized spacial score (nSPS) is 18.3. The molecule has 100 valence electrons. The predicted molar refractivity (Wildman–Crippen MR) is 75.3 cm³/mol. The van der Waals surface area contributed by atoms with Crippen LogP contribution in [0.4, 0.5) is 0 Å². The van der Waals surface area contributed by atoms with Crippen LogP contribution in [0.5, 0.6) is 0 Å². The Morgan fingerprint density at radius 1 is 1.37 bits per heavy atom. The summed E-state index contributed by atoms with van der Waals surface area (Å²) in [6, 6.07) is 8.65. The Morgan fingerprint density at radius 2 is 2.21 bits per heavy atom. The van der Waals surface area contributed by atoms with Gasteiger partial charge >= 0.3 is 0 Å². The van der Waals surface area contributed by atoms with Gasteiger partial charge in [-0.2, -0.15) is 0 Å². The highest BCUT2D eigenvalue weighted by Gasteiger charge is 2.22. The minimum absolute atomic E-state index is 0.212. The first-order chi connectivity index (χ1) is 9.29. The predicted octanol–water partition coefficient (Wildman–Crippen LogP) is 2.65. The van der Waals surface area contributed by atoms with Crippen molar-refractivity contribution < 1.29 is 5.11 Å². The second-order valence-corrected chi connectivity index (χ2v) is 5.37. The highest BCUT2D eigenvalue weighted by molar-refractivity contribution is 5.29. The summed E-state index contributed by atoms with van der Waals surface area (Å²) in [6.45, 7) is 2.35. The maximum atomic E-state index is 9.55. The fourth-order valence-electron chi connectivity index (χ4n) is 3.00. The van der Waals surface area contributed by atoms with Crippen LogP contribution in [0.15, 0.2) is 30.5 Å². The Kier molecular flexibility index (Phi) is 3.38. The largest absolute Gasteiger partial charge is 0.394 e. The molecule has 1 aliphatic rings. The summed E-state index contributed by atoms with van der Waals surface area (Å²) in [6.07, 6.45) is 6.12. The molecule has 0 saturated heterocycles. The maximum Gasteiger partial charge on any atom is 0.113 e. The first kappa shape index (κ1) is 12.4. The molecule has 1 unspecified atom stereocenters. The number of aromatic nitrogens is 2. The van der Waals surface area contributed by atoms with E-state index in [1.54, 1.807) is 0 Å². The Bertz CT molecular complexity index is 574. The van der Waals surface area contributed by atoms with Crippen LogP contribution in [0, 0.1) is 6.92 Å². The van der Waals surface area contributed by atoms with E-state index in [4.69, 9.17) is 0 Å². The van der Waals surface area contributed by atoms with Crippen LogP contribution in [-0.2, 0) is 12.8 Å². The Morgan fingerprint density at radius 3 is 3.00 bits per heavy atom. The highest BCUT2D eigenvalue weighted by atomic mass is 16.3. The van der Waals surface area contributed by atoms with E-state index < -0.39 is 0 Å². The SMILES string of the molecule is Cc1ccccc1Cc1ncc2n1C(CO)CCC2.